The van der Waals surface area contributed by atoms with E-state index in [2.05, 4.69) is 26.2 Å². The Hall–Kier alpha value is -1.37. The van der Waals surface area contributed by atoms with Crippen molar-refractivity contribution < 1.29 is 14.3 Å². The molecule has 1 aromatic heterocycles. The molecule has 2 aromatic rings. The van der Waals surface area contributed by atoms with Gasteiger partial charge in [0.25, 0.3) is 0 Å². The van der Waals surface area contributed by atoms with Gasteiger partial charge < -0.3 is 10.4 Å². The molecule has 0 unspecified atom stereocenters. The average molecular weight is 380 g/mol. The maximum absolute atomic E-state index is 13.1. The molecule has 2 N–H and O–H groups in total. The van der Waals surface area contributed by atoms with Crippen LogP contribution in [-0.2, 0) is 0 Å². The summed E-state index contributed by atoms with van der Waals surface area (Å²) >= 11 is 14.8. The van der Waals surface area contributed by atoms with Gasteiger partial charge in [0.2, 0.25) is 0 Å². The minimum Gasteiger partial charge on any atom is -0.478 e. The van der Waals surface area contributed by atoms with Crippen LogP contribution in [0.4, 0.5) is 15.9 Å². The first kappa shape index (κ1) is 15.0. The number of nitrogens with zero attached hydrogens (tertiary/aromatic N) is 1. The number of carboxylic acid groups (broad SMARTS) is 1. The lowest BCUT2D eigenvalue weighted by Gasteiger charge is -2.12. The molecule has 0 saturated carbocycles. The maximum atomic E-state index is 13.1. The van der Waals surface area contributed by atoms with Crippen LogP contribution < -0.4 is 5.32 Å². The molecule has 0 bridgehead atoms. The highest BCUT2D eigenvalue weighted by atomic mass is 79.9. The Kier molecular flexibility index (Phi) is 4.47. The molecule has 4 nitrogen and oxygen atoms in total. The largest absolute Gasteiger partial charge is 0.478 e. The van der Waals surface area contributed by atoms with Gasteiger partial charge in [0.05, 0.1) is 10.7 Å². The van der Waals surface area contributed by atoms with E-state index in [9.17, 15) is 9.18 Å². The number of aromatic nitrogens is 1. The fourth-order valence-electron chi connectivity index (χ4n) is 1.48. The second-order valence-corrected chi connectivity index (χ2v) is 5.35. The minimum absolute atomic E-state index is 0.0132. The number of halogens is 4. The first-order valence-electron chi connectivity index (χ1n) is 5.20. The number of hydrogen-bond donors (Lipinski definition) is 2. The molecule has 0 aliphatic rings. The third-order valence-electron chi connectivity index (χ3n) is 2.34. The van der Waals surface area contributed by atoms with Crippen molar-refractivity contribution in [3.8, 4) is 0 Å². The summed E-state index contributed by atoms with van der Waals surface area (Å²) in [4.78, 5) is 15.0. The van der Waals surface area contributed by atoms with Crippen molar-refractivity contribution in [1.29, 1.82) is 0 Å². The highest BCUT2D eigenvalue weighted by Crippen LogP contribution is 2.34. The van der Waals surface area contributed by atoms with Gasteiger partial charge in [-0.2, -0.15) is 0 Å². The molecule has 0 aliphatic carbocycles. The zero-order valence-corrected chi connectivity index (χ0v) is 12.7. The molecule has 0 radical (unpaired) electrons. The molecule has 20 heavy (non-hydrogen) atoms. The van der Waals surface area contributed by atoms with Crippen molar-refractivity contribution in [3.63, 3.8) is 0 Å². The molecular weight excluding hydrogens is 374 g/mol. The number of carboxylic acids is 1. The lowest BCUT2D eigenvalue weighted by atomic mass is 10.2. The smallest absolute Gasteiger partial charge is 0.339 e. The van der Waals surface area contributed by atoms with Gasteiger partial charge in [0.1, 0.15) is 22.4 Å². The van der Waals surface area contributed by atoms with Crippen LogP contribution in [0.5, 0.6) is 0 Å². The van der Waals surface area contributed by atoms with Gasteiger partial charge in [-0.05, 0) is 40.2 Å². The lowest BCUT2D eigenvalue weighted by molar-refractivity contribution is 0.0697. The highest BCUT2D eigenvalue weighted by Gasteiger charge is 2.15. The van der Waals surface area contributed by atoms with Crippen LogP contribution in [0.3, 0.4) is 0 Å². The molecule has 0 amide bonds. The van der Waals surface area contributed by atoms with Crippen LogP contribution >= 0.6 is 39.1 Å². The van der Waals surface area contributed by atoms with Crippen molar-refractivity contribution in [2.75, 3.05) is 5.32 Å². The van der Waals surface area contributed by atoms with E-state index in [-0.39, 0.29) is 21.6 Å². The lowest BCUT2D eigenvalue weighted by Crippen LogP contribution is -2.05. The van der Waals surface area contributed by atoms with E-state index in [1.54, 1.807) is 0 Å². The van der Waals surface area contributed by atoms with E-state index in [4.69, 9.17) is 28.3 Å². The van der Waals surface area contributed by atoms with Gasteiger partial charge in [-0.1, -0.05) is 23.2 Å². The van der Waals surface area contributed by atoms with Crippen LogP contribution in [0, 0.1) is 5.82 Å². The number of benzene rings is 1. The van der Waals surface area contributed by atoms with E-state index in [0.717, 1.165) is 6.07 Å². The Morgan fingerprint density at radius 2 is 2.05 bits per heavy atom. The molecule has 0 fully saturated rings. The first-order valence-corrected chi connectivity index (χ1v) is 6.75. The average Bonchev–Trinajstić information content (AvgIpc) is 2.33. The molecule has 2 rings (SSSR count). The molecule has 1 aromatic carbocycles. The minimum atomic E-state index is -1.17. The number of pyridine rings is 1. The van der Waals surface area contributed by atoms with Crippen LogP contribution in [0.2, 0.25) is 10.2 Å². The topological polar surface area (TPSA) is 62.2 Å². The molecule has 104 valence electrons. The van der Waals surface area contributed by atoms with Gasteiger partial charge in [-0.25, -0.2) is 14.2 Å². The van der Waals surface area contributed by atoms with Gasteiger partial charge in [-0.3, -0.25) is 0 Å². The quantitative estimate of drug-likeness (QED) is 0.756. The summed E-state index contributed by atoms with van der Waals surface area (Å²) in [5.41, 5.74) is 0.215. The van der Waals surface area contributed by atoms with Crippen LogP contribution in [0.15, 0.2) is 28.7 Å². The van der Waals surface area contributed by atoms with Crippen molar-refractivity contribution in [2.24, 2.45) is 0 Å². The highest BCUT2D eigenvalue weighted by molar-refractivity contribution is 9.10. The normalized spacial score (nSPS) is 10.4. The summed E-state index contributed by atoms with van der Waals surface area (Å²) in [7, 11) is 0. The fourth-order valence-corrected chi connectivity index (χ4v) is 2.53. The molecule has 0 aliphatic heterocycles. The summed E-state index contributed by atoms with van der Waals surface area (Å²) in [6.07, 6.45) is 0. The fraction of sp³-hybridized carbons (Fsp3) is 0. The first-order chi connectivity index (χ1) is 9.38. The van der Waals surface area contributed by atoms with Crippen molar-refractivity contribution in [3.05, 3.63) is 50.3 Å². The Morgan fingerprint density at radius 1 is 1.35 bits per heavy atom. The predicted molar refractivity (Wildman–Crippen MR) is 78.6 cm³/mol. The number of aromatic carboxylic acids is 1. The van der Waals surface area contributed by atoms with Crippen LogP contribution in [0.25, 0.3) is 0 Å². The van der Waals surface area contributed by atoms with Crippen LogP contribution in [-0.4, -0.2) is 16.1 Å². The Bertz CT molecular complexity index is 674. The van der Waals surface area contributed by atoms with E-state index in [0.29, 0.717) is 10.2 Å². The monoisotopic (exact) mass is 378 g/mol. The summed E-state index contributed by atoms with van der Waals surface area (Å²) in [6, 6.07) is 4.96. The number of hydrogen-bond acceptors (Lipinski definition) is 3. The Morgan fingerprint density at radius 3 is 2.65 bits per heavy atom. The molecule has 8 heteroatoms. The summed E-state index contributed by atoms with van der Waals surface area (Å²) in [5.74, 6) is -1.69. The summed E-state index contributed by atoms with van der Waals surface area (Å²) < 4.78 is 13.5. The zero-order valence-electron chi connectivity index (χ0n) is 9.62. The molecule has 0 saturated heterocycles. The second-order valence-electron chi connectivity index (χ2n) is 3.70. The number of nitrogens with one attached hydrogen (secondary N) is 1. The molecule has 0 spiro atoms. The third-order valence-corrected chi connectivity index (χ3v) is 3.48. The van der Waals surface area contributed by atoms with Gasteiger partial charge >= 0.3 is 5.97 Å². The zero-order chi connectivity index (χ0) is 14.9. The van der Waals surface area contributed by atoms with Crippen molar-refractivity contribution >= 4 is 56.6 Å². The molecular formula is C12H6BrCl2FN2O2. The summed E-state index contributed by atoms with van der Waals surface area (Å²) in [5, 5.41) is 12.0. The van der Waals surface area contributed by atoms with Crippen molar-refractivity contribution in [1.82, 2.24) is 4.98 Å². The Balaban J connectivity index is 2.50. The number of rotatable bonds is 3. The van der Waals surface area contributed by atoms with E-state index >= 15 is 0 Å². The van der Waals surface area contributed by atoms with Crippen LogP contribution in [0.1, 0.15) is 10.4 Å². The summed E-state index contributed by atoms with van der Waals surface area (Å²) in [6.45, 7) is 0. The van der Waals surface area contributed by atoms with Gasteiger partial charge in [0, 0.05) is 4.47 Å². The van der Waals surface area contributed by atoms with E-state index in [1.807, 2.05) is 0 Å². The van der Waals surface area contributed by atoms with Gasteiger partial charge in [0.15, 0.2) is 0 Å². The molecule has 1 heterocycles. The number of anilines is 2. The van der Waals surface area contributed by atoms with Crippen molar-refractivity contribution in [2.45, 2.75) is 0 Å². The van der Waals surface area contributed by atoms with E-state index in [1.165, 1.54) is 18.2 Å². The standard InChI is InChI=1S/C12H6BrCl2FN2O2/c13-7-3-5(16)4-8(14)10(7)18-11-6(12(19)20)1-2-9(15)17-11/h1-4H,(H,17,18)(H,19,20). The predicted octanol–water partition coefficient (Wildman–Crippen LogP) is 4.73. The number of carbonyl (C=O) groups is 1. The Labute approximate surface area is 131 Å². The van der Waals surface area contributed by atoms with Gasteiger partial charge in [-0.15, -0.1) is 0 Å². The van der Waals surface area contributed by atoms with E-state index < -0.39 is 11.8 Å². The second kappa shape index (κ2) is 5.95. The SMILES string of the molecule is O=C(O)c1ccc(Cl)nc1Nc1c(Cl)cc(F)cc1Br. The third kappa shape index (κ3) is 3.20. The maximum Gasteiger partial charge on any atom is 0.339 e. The molecule has 0 atom stereocenters.